The Morgan fingerprint density at radius 2 is 2.15 bits per heavy atom. The smallest absolute Gasteiger partial charge is 0.289 e. The van der Waals surface area contributed by atoms with Gasteiger partial charge in [-0.1, -0.05) is 0 Å². The maximum absolute atomic E-state index is 10.9. The number of aryl methyl sites for hydroxylation is 2. The topological polar surface area (TPSA) is 79.0 Å². The van der Waals surface area contributed by atoms with Gasteiger partial charge in [-0.3, -0.25) is 10.1 Å². The van der Waals surface area contributed by atoms with Crippen LogP contribution >= 0.6 is 11.3 Å². The van der Waals surface area contributed by atoms with Gasteiger partial charge in [0.15, 0.2) is 0 Å². The maximum atomic E-state index is 10.9. The molecule has 102 valence electrons. The molecule has 0 atom stereocenters. The fourth-order valence-electron chi connectivity index (χ4n) is 1.81. The maximum Gasteiger partial charge on any atom is 0.289 e. The zero-order valence-corrected chi connectivity index (χ0v) is 12.0. The number of nitro groups is 1. The van der Waals surface area contributed by atoms with E-state index in [0.717, 1.165) is 0 Å². The van der Waals surface area contributed by atoms with Crippen molar-refractivity contribution in [2.45, 2.75) is 20.4 Å². The zero-order valence-electron chi connectivity index (χ0n) is 11.1. The fourth-order valence-corrected chi connectivity index (χ4v) is 2.81. The number of rotatable bonds is 4. The molecule has 2 rings (SSSR count). The first-order valence-electron chi connectivity index (χ1n) is 5.99. The first-order valence-corrected chi connectivity index (χ1v) is 6.81. The summed E-state index contributed by atoms with van der Waals surface area (Å²) in [6, 6.07) is 8.46. The Labute approximate surface area is 120 Å². The quantitative estimate of drug-likeness (QED) is 0.686. The molecule has 0 saturated heterocycles. The molecule has 0 aliphatic rings. The fraction of sp³-hybridized carbons (Fsp3) is 0.214. The highest BCUT2D eigenvalue weighted by atomic mass is 32.1. The number of nitro benzene ring substituents is 1. The minimum atomic E-state index is -0.539. The summed E-state index contributed by atoms with van der Waals surface area (Å²) in [5, 5.41) is 22.9. The molecule has 5 nitrogen and oxygen atoms in total. The molecule has 0 aliphatic heterocycles. The average Bonchev–Trinajstić information content (AvgIpc) is 2.75. The van der Waals surface area contributed by atoms with Crippen LogP contribution < -0.4 is 5.32 Å². The van der Waals surface area contributed by atoms with Crippen LogP contribution in [0.3, 0.4) is 0 Å². The first-order chi connectivity index (χ1) is 9.51. The third-order valence-electron chi connectivity index (χ3n) is 3.00. The van der Waals surface area contributed by atoms with Crippen LogP contribution in [0.4, 0.5) is 11.4 Å². The predicted octanol–water partition coefficient (Wildman–Crippen LogP) is 3.76. The highest BCUT2D eigenvalue weighted by molar-refractivity contribution is 7.12. The average molecular weight is 287 g/mol. The van der Waals surface area contributed by atoms with E-state index in [1.807, 2.05) is 6.07 Å². The standard InChI is InChI=1S/C14H13N3O2S/c1-9-5-13(20-10(9)2)8-16-12-4-3-11(7-15)14(6-12)17(18)19/h3-6,16H,8H2,1-2H3. The van der Waals surface area contributed by atoms with Crippen molar-refractivity contribution in [1.82, 2.24) is 0 Å². The number of nitrogens with one attached hydrogen (secondary N) is 1. The van der Waals surface area contributed by atoms with Gasteiger partial charge in [0.25, 0.3) is 5.69 Å². The third kappa shape index (κ3) is 2.95. The Morgan fingerprint density at radius 1 is 1.40 bits per heavy atom. The molecule has 1 N–H and O–H groups in total. The van der Waals surface area contributed by atoms with Crippen molar-refractivity contribution in [2.24, 2.45) is 0 Å². The van der Waals surface area contributed by atoms with Crippen LogP contribution in [0, 0.1) is 35.3 Å². The van der Waals surface area contributed by atoms with Gasteiger partial charge >= 0.3 is 0 Å². The molecule has 0 spiro atoms. The van der Waals surface area contributed by atoms with Crippen LogP contribution in [-0.4, -0.2) is 4.92 Å². The van der Waals surface area contributed by atoms with Crippen molar-refractivity contribution in [1.29, 1.82) is 5.26 Å². The molecule has 0 amide bonds. The normalized spacial score (nSPS) is 10.1. The molecule has 6 heteroatoms. The second kappa shape index (κ2) is 5.72. The Morgan fingerprint density at radius 3 is 2.70 bits per heavy atom. The summed E-state index contributed by atoms with van der Waals surface area (Å²) in [6.45, 7) is 4.74. The molecule has 0 unspecified atom stereocenters. The highest BCUT2D eigenvalue weighted by Crippen LogP contribution is 2.25. The van der Waals surface area contributed by atoms with Crippen LogP contribution in [0.15, 0.2) is 24.3 Å². The van der Waals surface area contributed by atoms with E-state index in [-0.39, 0.29) is 11.3 Å². The summed E-state index contributed by atoms with van der Waals surface area (Å²) < 4.78 is 0. The SMILES string of the molecule is Cc1cc(CNc2ccc(C#N)c([N+](=O)[O-])c2)sc1C. The van der Waals surface area contributed by atoms with Crippen LogP contribution in [0.5, 0.6) is 0 Å². The van der Waals surface area contributed by atoms with Crippen molar-refractivity contribution >= 4 is 22.7 Å². The predicted molar refractivity (Wildman–Crippen MR) is 78.9 cm³/mol. The lowest BCUT2D eigenvalue weighted by Crippen LogP contribution is -1.99. The van der Waals surface area contributed by atoms with Gasteiger partial charge in [0.1, 0.15) is 11.6 Å². The van der Waals surface area contributed by atoms with Crippen molar-refractivity contribution < 1.29 is 4.92 Å². The number of hydrogen-bond donors (Lipinski definition) is 1. The second-order valence-corrected chi connectivity index (χ2v) is 5.75. The lowest BCUT2D eigenvalue weighted by Gasteiger charge is -2.05. The van der Waals surface area contributed by atoms with Crippen molar-refractivity contribution in [2.75, 3.05) is 5.32 Å². The van der Waals surface area contributed by atoms with Gasteiger partial charge < -0.3 is 5.32 Å². The van der Waals surface area contributed by atoms with E-state index < -0.39 is 4.92 Å². The summed E-state index contributed by atoms with van der Waals surface area (Å²) in [4.78, 5) is 12.8. The van der Waals surface area contributed by atoms with E-state index in [1.165, 1.54) is 27.5 Å². The molecule has 0 radical (unpaired) electrons. The molecule has 2 aromatic rings. The monoisotopic (exact) mass is 287 g/mol. The zero-order chi connectivity index (χ0) is 14.7. The van der Waals surface area contributed by atoms with Gasteiger partial charge in [-0.05, 0) is 37.6 Å². The van der Waals surface area contributed by atoms with Crippen LogP contribution in [0.2, 0.25) is 0 Å². The molecule has 1 aromatic carbocycles. The van der Waals surface area contributed by atoms with E-state index in [4.69, 9.17) is 5.26 Å². The van der Waals surface area contributed by atoms with E-state index in [9.17, 15) is 10.1 Å². The molecular formula is C14H13N3O2S. The first kappa shape index (κ1) is 14.0. The summed E-state index contributed by atoms with van der Waals surface area (Å²) in [6.07, 6.45) is 0. The van der Waals surface area contributed by atoms with Gasteiger partial charge in [0.2, 0.25) is 0 Å². The largest absolute Gasteiger partial charge is 0.380 e. The van der Waals surface area contributed by atoms with E-state index in [2.05, 4.69) is 25.2 Å². The van der Waals surface area contributed by atoms with Gasteiger partial charge in [-0.2, -0.15) is 5.26 Å². The molecule has 0 saturated carbocycles. The summed E-state index contributed by atoms with van der Waals surface area (Å²) in [5.74, 6) is 0. The summed E-state index contributed by atoms with van der Waals surface area (Å²) in [5.41, 5.74) is 1.79. The minimum absolute atomic E-state index is 0.0726. The Bertz CT molecular complexity index is 681. The lowest BCUT2D eigenvalue weighted by atomic mass is 10.2. The third-order valence-corrected chi connectivity index (χ3v) is 4.15. The van der Waals surface area contributed by atoms with Gasteiger partial charge in [0, 0.05) is 28.1 Å². The minimum Gasteiger partial charge on any atom is -0.380 e. The molecule has 1 heterocycles. The molecule has 0 fully saturated rings. The Kier molecular flexibility index (Phi) is 4.01. The van der Waals surface area contributed by atoms with E-state index in [1.54, 1.807) is 17.4 Å². The number of anilines is 1. The number of nitrogens with zero attached hydrogens (tertiary/aromatic N) is 2. The lowest BCUT2D eigenvalue weighted by molar-refractivity contribution is -0.385. The van der Waals surface area contributed by atoms with Gasteiger partial charge in [-0.25, -0.2) is 0 Å². The van der Waals surface area contributed by atoms with Crippen molar-refractivity contribution in [3.8, 4) is 6.07 Å². The van der Waals surface area contributed by atoms with Gasteiger partial charge in [0.05, 0.1) is 4.92 Å². The number of hydrogen-bond acceptors (Lipinski definition) is 5. The number of nitriles is 1. The van der Waals surface area contributed by atoms with Crippen LogP contribution in [-0.2, 0) is 6.54 Å². The molecular weight excluding hydrogens is 274 g/mol. The molecule has 0 bridgehead atoms. The molecule has 1 aromatic heterocycles. The molecule has 0 aliphatic carbocycles. The van der Waals surface area contributed by atoms with E-state index >= 15 is 0 Å². The Hall–Kier alpha value is -2.39. The van der Waals surface area contributed by atoms with E-state index in [0.29, 0.717) is 12.2 Å². The summed E-state index contributed by atoms with van der Waals surface area (Å²) >= 11 is 1.70. The van der Waals surface area contributed by atoms with Crippen molar-refractivity contribution in [3.05, 3.63) is 55.3 Å². The summed E-state index contributed by atoms with van der Waals surface area (Å²) in [7, 11) is 0. The second-order valence-electron chi connectivity index (χ2n) is 4.41. The van der Waals surface area contributed by atoms with Crippen LogP contribution in [0.1, 0.15) is 20.9 Å². The van der Waals surface area contributed by atoms with Crippen molar-refractivity contribution in [3.63, 3.8) is 0 Å². The molecule has 20 heavy (non-hydrogen) atoms. The highest BCUT2D eigenvalue weighted by Gasteiger charge is 2.14. The number of thiophene rings is 1. The Balaban J connectivity index is 2.16. The van der Waals surface area contributed by atoms with Crippen LogP contribution in [0.25, 0.3) is 0 Å². The van der Waals surface area contributed by atoms with Gasteiger partial charge in [-0.15, -0.1) is 11.3 Å². The number of benzene rings is 1.